The van der Waals surface area contributed by atoms with Crippen molar-refractivity contribution in [1.29, 1.82) is 0 Å². The van der Waals surface area contributed by atoms with Gasteiger partial charge in [0, 0.05) is 24.0 Å². The normalized spacial score (nSPS) is 19.5. The molecular formula is C14H21N3O. The molecule has 1 unspecified atom stereocenters. The second-order valence-electron chi connectivity index (χ2n) is 5.30. The van der Waals surface area contributed by atoms with E-state index in [2.05, 4.69) is 13.8 Å². The lowest BCUT2D eigenvalue weighted by Crippen LogP contribution is -2.38. The number of hydrogen-bond donors (Lipinski definition) is 2. The lowest BCUT2D eigenvalue weighted by Gasteiger charge is -2.28. The van der Waals surface area contributed by atoms with Crippen LogP contribution in [0.2, 0.25) is 0 Å². The number of hydrogen-bond acceptors (Lipinski definition) is 3. The van der Waals surface area contributed by atoms with Gasteiger partial charge in [0.2, 0.25) is 0 Å². The van der Waals surface area contributed by atoms with E-state index in [1.807, 2.05) is 4.90 Å². The van der Waals surface area contributed by atoms with Crippen LogP contribution in [0.4, 0.5) is 11.4 Å². The van der Waals surface area contributed by atoms with E-state index in [0.717, 1.165) is 19.4 Å². The Bertz CT molecular complexity index is 456. The third-order valence-electron chi connectivity index (χ3n) is 3.64. The zero-order valence-electron chi connectivity index (χ0n) is 11.0. The Morgan fingerprint density at radius 1 is 1.39 bits per heavy atom. The molecule has 1 fully saturated rings. The van der Waals surface area contributed by atoms with Crippen LogP contribution in [-0.4, -0.2) is 23.4 Å². The largest absolute Gasteiger partial charge is 0.399 e. The number of nitrogens with two attached hydrogens (primary N) is 2. The Morgan fingerprint density at radius 2 is 2.11 bits per heavy atom. The minimum Gasteiger partial charge on any atom is -0.399 e. The smallest absolute Gasteiger partial charge is 0.256 e. The van der Waals surface area contributed by atoms with Gasteiger partial charge in [0.1, 0.15) is 0 Å². The number of nitrogen functional groups attached to an aromatic ring is 2. The van der Waals surface area contributed by atoms with Gasteiger partial charge in [-0.3, -0.25) is 4.79 Å². The fourth-order valence-corrected chi connectivity index (χ4v) is 2.67. The van der Waals surface area contributed by atoms with Crippen LogP contribution >= 0.6 is 0 Å². The molecule has 1 aromatic carbocycles. The van der Waals surface area contributed by atoms with E-state index in [1.54, 1.807) is 18.2 Å². The molecule has 98 valence electrons. The van der Waals surface area contributed by atoms with Crippen LogP contribution in [0.3, 0.4) is 0 Å². The lowest BCUT2D eigenvalue weighted by molar-refractivity contribution is 0.0702. The molecule has 1 saturated heterocycles. The van der Waals surface area contributed by atoms with Crippen molar-refractivity contribution >= 4 is 17.3 Å². The van der Waals surface area contributed by atoms with Gasteiger partial charge < -0.3 is 16.4 Å². The first-order valence-electron chi connectivity index (χ1n) is 6.46. The average Bonchev–Trinajstić information content (AvgIpc) is 2.77. The van der Waals surface area contributed by atoms with E-state index in [9.17, 15) is 4.79 Å². The highest BCUT2D eigenvalue weighted by Crippen LogP contribution is 2.27. The van der Waals surface area contributed by atoms with Crippen LogP contribution in [0, 0.1) is 5.92 Å². The van der Waals surface area contributed by atoms with Gasteiger partial charge in [-0.1, -0.05) is 13.8 Å². The molecule has 4 heteroatoms. The zero-order chi connectivity index (χ0) is 13.3. The van der Waals surface area contributed by atoms with Gasteiger partial charge in [-0.15, -0.1) is 0 Å². The molecule has 18 heavy (non-hydrogen) atoms. The summed E-state index contributed by atoms with van der Waals surface area (Å²) in [5.41, 5.74) is 13.2. The zero-order valence-corrected chi connectivity index (χ0v) is 11.0. The number of amides is 1. The third-order valence-corrected chi connectivity index (χ3v) is 3.64. The van der Waals surface area contributed by atoms with Gasteiger partial charge in [0.25, 0.3) is 5.91 Å². The first kappa shape index (κ1) is 12.7. The van der Waals surface area contributed by atoms with Crippen LogP contribution in [0.25, 0.3) is 0 Å². The van der Waals surface area contributed by atoms with Gasteiger partial charge in [-0.05, 0) is 37.0 Å². The molecular weight excluding hydrogens is 226 g/mol. The van der Waals surface area contributed by atoms with Crippen LogP contribution in [-0.2, 0) is 0 Å². The lowest BCUT2D eigenvalue weighted by atomic mass is 10.0. The summed E-state index contributed by atoms with van der Waals surface area (Å²) < 4.78 is 0. The van der Waals surface area contributed by atoms with Crippen molar-refractivity contribution in [3.05, 3.63) is 23.8 Å². The van der Waals surface area contributed by atoms with Crippen molar-refractivity contribution in [2.75, 3.05) is 18.0 Å². The maximum Gasteiger partial charge on any atom is 0.256 e. The number of benzene rings is 1. The standard InChI is InChI=1S/C14H21N3O/c1-9(2)13-4-3-7-17(13)14(18)11-6-5-10(15)8-12(11)16/h5-6,8-9,13H,3-4,7,15-16H2,1-2H3. The van der Waals surface area contributed by atoms with Crippen LogP contribution in [0.1, 0.15) is 37.0 Å². The van der Waals surface area contributed by atoms with Gasteiger partial charge in [0.15, 0.2) is 0 Å². The van der Waals surface area contributed by atoms with E-state index >= 15 is 0 Å². The van der Waals surface area contributed by atoms with Gasteiger partial charge in [-0.2, -0.15) is 0 Å². The number of anilines is 2. The van der Waals surface area contributed by atoms with E-state index in [1.165, 1.54) is 0 Å². The van der Waals surface area contributed by atoms with Crippen molar-refractivity contribution in [3.8, 4) is 0 Å². The summed E-state index contributed by atoms with van der Waals surface area (Å²) in [6.45, 7) is 5.14. The maximum absolute atomic E-state index is 12.5. The molecule has 4 N–H and O–H groups in total. The van der Waals surface area contributed by atoms with E-state index < -0.39 is 0 Å². The van der Waals surface area contributed by atoms with Crippen LogP contribution < -0.4 is 11.5 Å². The summed E-state index contributed by atoms with van der Waals surface area (Å²) in [6.07, 6.45) is 2.15. The van der Waals surface area contributed by atoms with Crippen molar-refractivity contribution < 1.29 is 4.79 Å². The summed E-state index contributed by atoms with van der Waals surface area (Å²) >= 11 is 0. The Hall–Kier alpha value is -1.71. The minimum atomic E-state index is 0.0312. The molecule has 2 rings (SSSR count). The topological polar surface area (TPSA) is 72.3 Å². The van der Waals surface area contributed by atoms with Gasteiger partial charge >= 0.3 is 0 Å². The quantitative estimate of drug-likeness (QED) is 0.786. The fraction of sp³-hybridized carbons (Fsp3) is 0.500. The molecule has 1 atom stereocenters. The van der Waals surface area contributed by atoms with Crippen molar-refractivity contribution in [1.82, 2.24) is 4.90 Å². The summed E-state index contributed by atoms with van der Waals surface area (Å²) in [6, 6.07) is 5.43. The van der Waals surface area contributed by atoms with Gasteiger partial charge in [-0.25, -0.2) is 0 Å². The van der Waals surface area contributed by atoms with Crippen LogP contribution in [0.15, 0.2) is 18.2 Å². The summed E-state index contributed by atoms with van der Waals surface area (Å²) in [5, 5.41) is 0. The predicted molar refractivity (Wildman–Crippen MR) is 74.2 cm³/mol. The monoisotopic (exact) mass is 247 g/mol. The molecule has 4 nitrogen and oxygen atoms in total. The molecule has 0 bridgehead atoms. The molecule has 1 aromatic rings. The summed E-state index contributed by atoms with van der Waals surface area (Å²) in [5.74, 6) is 0.509. The number of carbonyl (C=O) groups is 1. The number of carbonyl (C=O) groups excluding carboxylic acids is 1. The number of likely N-dealkylation sites (tertiary alicyclic amines) is 1. The first-order valence-corrected chi connectivity index (χ1v) is 6.46. The fourth-order valence-electron chi connectivity index (χ4n) is 2.67. The van der Waals surface area contributed by atoms with Crippen molar-refractivity contribution in [2.24, 2.45) is 5.92 Å². The molecule has 1 aliphatic heterocycles. The Balaban J connectivity index is 2.25. The number of rotatable bonds is 2. The second kappa shape index (κ2) is 4.88. The third kappa shape index (κ3) is 2.28. The Kier molecular flexibility index (Phi) is 3.45. The second-order valence-corrected chi connectivity index (χ2v) is 5.30. The Morgan fingerprint density at radius 3 is 2.72 bits per heavy atom. The highest BCUT2D eigenvalue weighted by molar-refractivity contribution is 6.00. The molecule has 1 amide bonds. The van der Waals surface area contributed by atoms with E-state index in [4.69, 9.17) is 11.5 Å². The molecule has 1 heterocycles. The number of nitrogens with zero attached hydrogens (tertiary/aromatic N) is 1. The predicted octanol–water partition coefficient (Wildman–Crippen LogP) is 2.11. The highest BCUT2D eigenvalue weighted by atomic mass is 16.2. The molecule has 0 spiro atoms. The van der Waals surface area contributed by atoms with Crippen molar-refractivity contribution in [2.45, 2.75) is 32.7 Å². The van der Waals surface area contributed by atoms with Crippen molar-refractivity contribution in [3.63, 3.8) is 0 Å². The maximum atomic E-state index is 12.5. The summed E-state index contributed by atoms with van der Waals surface area (Å²) in [7, 11) is 0. The van der Waals surface area contributed by atoms with E-state index in [0.29, 0.717) is 28.9 Å². The molecule has 1 aliphatic rings. The van der Waals surface area contributed by atoms with Crippen LogP contribution in [0.5, 0.6) is 0 Å². The SMILES string of the molecule is CC(C)C1CCCN1C(=O)c1ccc(N)cc1N. The Labute approximate surface area is 108 Å². The molecule has 0 saturated carbocycles. The minimum absolute atomic E-state index is 0.0312. The first-order chi connectivity index (χ1) is 8.50. The average molecular weight is 247 g/mol. The molecule has 0 aromatic heterocycles. The summed E-state index contributed by atoms with van der Waals surface area (Å²) in [4.78, 5) is 14.4. The van der Waals surface area contributed by atoms with E-state index in [-0.39, 0.29) is 5.91 Å². The highest BCUT2D eigenvalue weighted by Gasteiger charge is 2.31. The van der Waals surface area contributed by atoms with Gasteiger partial charge in [0.05, 0.1) is 5.56 Å². The molecule has 0 aliphatic carbocycles. The molecule has 0 radical (unpaired) electrons.